The van der Waals surface area contributed by atoms with Gasteiger partial charge in [-0.25, -0.2) is 4.68 Å². The Hall–Kier alpha value is -2.67. The first kappa shape index (κ1) is 18.7. The van der Waals surface area contributed by atoms with Gasteiger partial charge in [0.05, 0.1) is 17.8 Å². The Morgan fingerprint density at radius 1 is 1.29 bits per heavy atom. The first-order chi connectivity index (χ1) is 13.4. The van der Waals surface area contributed by atoms with Gasteiger partial charge in [0.15, 0.2) is 5.65 Å². The van der Waals surface area contributed by atoms with Crippen molar-refractivity contribution in [3.05, 3.63) is 52.4 Å². The van der Waals surface area contributed by atoms with Gasteiger partial charge >= 0.3 is 0 Å². The van der Waals surface area contributed by atoms with E-state index < -0.39 is 0 Å². The smallest absolute Gasteiger partial charge is 0.263 e. The summed E-state index contributed by atoms with van der Waals surface area (Å²) < 4.78 is 7.85. The van der Waals surface area contributed by atoms with Gasteiger partial charge in [-0.15, -0.1) is 0 Å². The number of aromatic nitrogens is 4. The number of ether oxygens (including phenoxy) is 1. The first-order valence-electron chi connectivity index (χ1n) is 9.82. The molecule has 148 valence electrons. The molecule has 4 rings (SSSR count). The number of nitrogens with zero attached hydrogens (tertiary/aromatic N) is 3. The van der Waals surface area contributed by atoms with E-state index in [1.54, 1.807) is 10.9 Å². The monoisotopic (exact) mass is 381 g/mol. The molecule has 0 bridgehead atoms. The van der Waals surface area contributed by atoms with Gasteiger partial charge in [-0.05, 0) is 39.2 Å². The predicted octanol–water partition coefficient (Wildman–Crippen LogP) is 3.45. The van der Waals surface area contributed by atoms with E-state index in [0.717, 1.165) is 19.4 Å². The topological polar surface area (TPSA) is 84.8 Å². The van der Waals surface area contributed by atoms with Crippen LogP contribution < -0.4 is 10.9 Å². The second-order valence-electron chi connectivity index (χ2n) is 8.36. The van der Waals surface area contributed by atoms with Gasteiger partial charge in [0, 0.05) is 19.1 Å². The van der Waals surface area contributed by atoms with E-state index >= 15 is 0 Å². The Bertz CT molecular complexity index is 1000. The van der Waals surface area contributed by atoms with Gasteiger partial charge < -0.3 is 10.1 Å². The number of hydrogen-bond acceptors (Lipinski definition) is 5. The summed E-state index contributed by atoms with van der Waals surface area (Å²) in [6.45, 7) is 7.58. The quantitative estimate of drug-likeness (QED) is 0.723. The highest BCUT2D eigenvalue weighted by molar-refractivity contribution is 5.74. The molecule has 7 nitrogen and oxygen atoms in total. The van der Waals surface area contributed by atoms with Crippen LogP contribution in [0.15, 0.2) is 41.3 Å². The molecule has 7 heteroatoms. The fourth-order valence-electron chi connectivity index (χ4n) is 3.78. The van der Waals surface area contributed by atoms with E-state index in [1.807, 2.05) is 39.0 Å². The zero-order valence-corrected chi connectivity index (χ0v) is 16.6. The summed E-state index contributed by atoms with van der Waals surface area (Å²) in [7, 11) is 0. The molecule has 2 atom stereocenters. The zero-order valence-electron chi connectivity index (χ0n) is 16.6. The largest absolute Gasteiger partial charge is 0.373 e. The van der Waals surface area contributed by atoms with Crippen molar-refractivity contribution in [1.29, 1.82) is 0 Å². The van der Waals surface area contributed by atoms with Crippen molar-refractivity contribution in [3.63, 3.8) is 0 Å². The highest BCUT2D eigenvalue weighted by Crippen LogP contribution is 2.33. The second kappa shape index (κ2) is 7.39. The van der Waals surface area contributed by atoms with E-state index in [2.05, 4.69) is 32.5 Å². The van der Waals surface area contributed by atoms with Crippen molar-refractivity contribution in [3.8, 4) is 0 Å². The maximum Gasteiger partial charge on any atom is 0.263 e. The molecule has 0 saturated carbocycles. The highest BCUT2D eigenvalue weighted by atomic mass is 16.5. The molecule has 0 aliphatic carbocycles. The molecule has 3 heterocycles. The third-order valence-electron chi connectivity index (χ3n) is 5.18. The van der Waals surface area contributed by atoms with Crippen molar-refractivity contribution in [2.45, 2.75) is 45.3 Å². The Labute approximate surface area is 164 Å². The van der Waals surface area contributed by atoms with Crippen LogP contribution >= 0.6 is 0 Å². The molecule has 1 saturated heterocycles. The van der Waals surface area contributed by atoms with Gasteiger partial charge in [0.25, 0.3) is 5.56 Å². The van der Waals surface area contributed by atoms with Crippen LogP contribution in [0.25, 0.3) is 11.0 Å². The summed E-state index contributed by atoms with van der Waals surface area (Å²) in [4.78, 5) is 19.9. The number of aromatic amines is 1. The Morgan fingerprint density at radius 3 is 2.82 bits per heavy atom. The van der Waals surface area contributed by atoms with Crippen LogP contribution in [0.3, 0.4) is 0 Å². The van der Waals surface area contributed by atoms with Crippen LogP contribution in [-0.2, 0) is 10.3 Å². The Balaban J connectivity index is 1.57. The summed E-state index contributed by atoms with van der Waals surface area (Å²) in [6, 6.07) is 10.3. The molecule has 1 aliphatic heterocycles. The number of anilines is 1. The van der Waals surface area contributed by atoms with Gasteiger partial charge in [0.2, 0.25) is 5.95 Å². The van der Waals surface area contributed by atoms with Crippen LogP contribution in [0.2, 0.25) is 0 Å². The predicted molar refractivity (Wildman–Crippen MR) is 109 cm³/mol. The first-order valence-corrected chi connectivity index (χ1v) is 9.82. The van der Waals surface area contributed by atoms with Crippen LogP contribution in [0.4, 0.5) is 5.95 Å². The number of nitrogens with one attached hydrogen (secondary N) is 2. The number of benzene rings is 1. The fourth-order valence-corrected chi connectivity index (χ4v) is 3.78. The SMILES string of the molecule is CC(C)(C)n1ncc2c(=O)[nH]c(NCC3CCCOC3c3ccccc3)nc21. The molecule has 1 fully saturated rings. The van der Waals surface area contributed by atoms with Crippen molar-refractivity contribution < 1.29 is 4.74 Å². The minimum atomic E-state index is -0.255. The van der Waals surface area contributed by atoms with Crippen molar-refractivity contribution in [2.24, 2.45) is 5.92 Å². The number of fused-ring (bicyclic) bond motifs is 1. The fraction of sp³-hybridized carbons (Fsp3) is 0.476. The lowest BCUT2D eigenvalue weighted by Gasteiger charge is -2.32. The summed E-state index contributed by atoms with van der Waals surface area (Å²) in [5.74, 6) is 0.783. The van der Waals surface area contributed by atoms with Crippen LogP contribution in [0, 0.1) is 5.92 Å². The normalized spacial score (nSPS) is 20.4. The molecule has 0 amide bonds. The molecule has 2 N–H and O–H groups in total. The number of hydrogen-bond donors (Lipinski definition) is 2. The Morgan fingerprint density at radius 2 is 2.07 bits per heavy atom. The van der Waals surface area contributed by atoms with E-state index in [-0.39, 0.29) is 17.2 Å². The number of rotatable bonds is 4. The van der Waals surface area contributed by atoms with Crippen LogP contribution in [0.1, 0.15) is 45.3 Å². The average Bonchev–Trinajstić information content (AvgIpc) is 3.12. The molecule has 0 radical (unpaired) electrons. The maximum absolute atomic E-state index is 12.5. The van der Waals surface area contributed by atoms with Gasteiger partial charge in [-0.3, -0.25) is 9.78 Å². The maximum atomic E-state index is 12.5. The molecule has 1 aliphatic rings. The third kappa shape index (κ3) is 3.67. The molecule has 1 aromatic carbocycles. The number of H-pyrrole nitrogens is 1. The van der Waals surface area contributed by atoms with Gasteiger partial charge in [-0.1, -0.05) is 30.3 Å². The lowest BCUT2D eigenvalue weighted by atomic mass is 9.89. The molecule has 2 unspecified atom stereocenters. The molecular weight excluding hydrogens is 354 g/mol. The Kier molecular flexibility index (Phi) is 4.93. The molecule has 0 spiro atoms. The van der Waals surface area contributed by atoms with Crippen molar-refractivity contribution in [1.82, 2.24) is 19.7 Å². The summed E-state index contributed by atoms with van der Waals surface area (Å²) in [5.41, 5.74) is 1.35. The summed E-state index contributed by atoms with van der Waals surface area (Å²) in [5, 5.41) is 8.19. The minimum Gasteiger partial charge on any atom is -0.373 e. The van der Waals surface area contributed by atoms with Crippen LogP contribution in [-0.4, -0.2) is 32.9 Å². The lowest BCUT2D eigenvalue weighted by Crippen LogP contribution is -2.29. The zero-order chi connectivity index (χ0) is 19.7. The van der Waals surface area contributed by atoms with E-state index in [1.165, 1.54) is 5.56 Å². The van der Waals surface area contributed by atoms with Gasteiger partial charge in [-0.2, -0.15) is 10.1 Å². The van der Waals surface area contributed by atoms with E-state index in [0.29, 0.717) is 29.4 Å². The van der Waals surface area contributed by atoms with E-state index in [9.17, 15) is 4.79 Å². The van der Waals surface area contributed by atoms with Crippen molar-refractivity contribution >= 4 is 17.0 Å². The van der Waals surface area contributed by atoms with Crippen LogP contribution in [0.5, 0.6) is 0 Å². The minimum absolute atomic E-state index is 0.0537. The van der Waals surface area contributed by atoms with E-state index in [4.69, 9.17) is 4.74 Å². The lowest BCUT2D eigenvalue weighted by molar-refractivity contribution is -0.0238. The standard InChI is InChI=1S/C21H27N5O2/c1-21(2,3)26-18-16(13-23-26)19(27)25-20(24-18)22-12-15-10-7-11-28-17(15)14-8-5-4-6-9-14/h4-6,8-9,13,15,17H,7,10-12H2,1-3H3,(H2,22,24,25,27). The molecule has 28 heavy (non-hydrogen) atoms. The van der Waals surface area contributed by atoms with Crippen molar-refractivity contribution in [2.75, 3.05) is 18.5 Å². The third-order valence-corrected chi connectivity index (χ3v) is 5.18. The second-order valence-corrected chi connectivity index (χ2v) is 8.36. The molecule has 3 aromatic rings. The molecule has 2 aromatic heterocycles. The average molecular weight is 381 g/mol. The van der Waals surface area contributed by atoms with Gasteiger partial charge in [0.1, 0.15) is 5.39 Å². The highest BCUT2D eigenvalue weighted by Gasteiger charge is 2.27. The summed E-state index contributed by atoms with van der Waals surface area (Å²) in [6.07, 6.45) is 3.74. The molecular formula is C21H27N5O2. The summed E-state index contributed by atoms with van der Waals surface area (Å²) >= 11 is 0.